The van der Waals surface area contributed by atoms with Crippen LogP contribution in [0.25, 0.3) is 0 Å². The van der Waals surface area contributed by atoms with E-state index in [0.29, 0.717) is 6.54 Å². The van der Waals surface area contributed by atoms with Crippen LogP contribution < -0.4 is 10.6 Å². The van der Waals surface area contributed by atoms with Gasteiger partial charge in [-0.15, -0.1) is 0 Å². The second-order valence-corrected chi connectivity index (χ2v) is 10.2. The molecule has 2 N–H and O–H groups in total. The van der Waals surface area contributed by atoms with Crippen LogP contribution in [0.1, 0.15) is 97.2 Å². The van der Waals surface area contributed by atoms with Crippen molar-refractivity contribution in [2.24, 2.45) is 0 Å². The van der Waals surface area contributed by atoms with Gasteiger partial charge >= 0.3 is 6.09 Å². The van der Waals surface area contributed by atoms with E-state index >= 15 is 0 Å². The molecule has 1 aliphatic rings. The molecule has 0 spiro atoms. The summed E-state index contributed by atoms with van der Waals surface area (Å²) in [4.78, 5) is 41.1. The topological polar surface area (TPSA) is 87.7 Å². The molecule has 190 valence electrons. The molecule has 0 aromatic heterocycles. The summed E-state index contributed by atoms with van der Waals surface area (Å²) in [5.74, 6) is -0.450. The van der Waals surface area contributed by atoms with E-state index in [0.717, 1.165) is 50.5 Å². The van der Waals surface area contributed by atoms with Crippen LogP contribution in [-0.2, 0) is 20.7 Å². The molecular weight excluding hydrogens is 430 g/mol. The number of nitrogens with zero attached hydrogens (tertiary/aromatic N) is 1. The van der Waals surface area contributed by atoms with Gasteiger partial charge in [0.15, 0.2) is 0 Å². The van der Waals surface area contributed by atoms with Crippen molar-refractivity contribution < 1.29 is 19.1 Å². The molecule has 1 aromatic rings. The molecule has 0 heterocycles. The second-order valence-electron chi connectivity index (χ2n) is 10.2. The molecule has 2 rings (SSSR count). The number of hydrogen-bond donors (Lipinski definition) is 2. The summed E-state index contributed by atoms with van der Waals surface area (Å²) in [6, 6.07) is 6.32. The lowest BCUT2D eigenvalue weighted by Gasteiger charge is -2.43. The van der Waals surface area contributed by atoms with Gasteiger partial charge in [0.2, 0.25) is 11.8 Å². The number of unbranched alkanes of at least 4 members (excludes halogenated alkanes) is 2. The highest BCUT2D eigenvalue weighted by molar-refractivity contribution is 5.92. The fourth-order valence-electron chi connectivity index (χ4n) is 4.01. The van der Waals surface area contributed by atoms with Gasteiger partial charge in [-0.2, -0.15) is 0 Å². The number of aryl methyl sites for hydroxylation is 1. The van der Waals surface area contributed by atoms with Gasteiger partial charge in [0.05, 0.1) is 0 Å². The van der Waals surface area contributed by atoms with Gasteiger partial charge in [0.25, 0.3) is 0 Å². The third-order valence-corrected chi connectivity index (χ3v) is 6.14. The molecule has 7 heteroatoms. The van der Waals surface area contributed by atoms with Crippen molar-refractivity contribution in [2.75, 3.05) is 6.54 Å². The SMILES string of the molecule is CCCCCNC(=O)C(c1ccc(CC)cc1)N(C(=O)C(C)NC(=O)OC(C)(C)C)C1CCC1. The van der Waals surface area contributed by atoms with Crippen LogP contribution in [0.15, 0.2) is 24.3 Å². The predicted molar refractivity (Wildman–Crippen MR) is 134 cm³/mol. The monoisotopic (exact) mass is 473 g/mol. The molecule has 7 nitrogen and oxygen atoms in total. The van der Waals surface area contributed by atoms with Crippen molar-refractivity contribution in [1.29, 1.82) is 0 Å². The minimum atomic E-state index is -0.819. The third-order valence-electron chi connectivity index (χ3n) is 6.14. The third kappa shape index (κ3) is 8.03. The Bertz CT molecular complexity index is 812. The molecule has 2 atom stereocenters. The standard InChI is InChI=1S/C27H43N3O4/c1-7-9-10-18-28-24(31)23(21-16-14-20(8-2)15-17-21)30(22-12-11-13-22)25(32)19(3)29-26(33)34-27(4,5)6/h14-17,19,22-23H,7-13,18H2,1-6H3,(H,28,31)(H,29,33). The van der Waals surface area contributed by atoms with Gasteiger partial charge < -0.3 is 20.3 Å². The summed E-state index contributed by atoms with van der Waals surface area (Å²) in [7, 11) is 0. The zero-order valence-corrected chi connectivity index (χ0v) is 21.8. The van der Waals surface area contributed by atoms with E-state index in [4.69, 9.17) is 4.74 Å². The maximum absolute atomic E-state index is 13.7. The van der Waals surface area contributed by atoms with Crippen LogP contribution >= 0.6 is 0 Å². The zero-order valence-electron chi connectivity index (χ0n) is 21.8. The van der Waals surface area contributed by atoms with E-state index in [1.165, 1.54) is 5.56 Å². The van der Waals surface area contributed by atoms with Crippen molar-refractivity contribution in [3.05, 3.63) is 35.4 Å². The Morgan fingerprint density at radius 2 is 1.74 bits per heavy atom. The summed E-state index contributed by atoms with van der Waals surface area (Å²) in [5.41, 5.74) is 1.30. The van der Waals surface area contributed by atoms with Gasteiger partial charge in [0, 0.05) is 12.6 Å². The van der Waals surface area contributed by atoms with Crippen molar-refractivity contribution in [1.82, 2.24) is 15.5 Å². The Kier molecular flexibility index (Phi) is 10.4. The van der Waals surface area contributed by atoms with Crippen molar-refractivity contribution in [3.63, 3.8) is 0 Å². The molecule has 1 aromatic carbocycles. The maximum atomic E-state index is 13.7. The van der Waals surface area contributed by atoms with Crippen LogP contribution in [0.2, 0.25) is 0 Å². The minimum absolute atomic E-state index is 0.0346. The Morgan fingerprint density at radius 3 is 2.24 bits per heavy atom. The van der Waals surface area contributed by atoms with E-state index in [1.54, 1.807) is 32.6 Å². The van der Waals surface area contributed by atoms with E-state index in [9.17, 15) is 14.4 Å². The predicted octanol–water partition coefficient (Wildman–Crippen LogP) is 4.89. The summed E-state index contributed by atoms with van der Waals surface area (Å²) >= 11 is 0. The molecule has 0 radical (unpaired) electrons. The number of hydrogen-bond acceptors (Lipinski definition) is 4. The minimum Gasteiger partial charge on any atom is -0.444 e. The summed E-state index contributed by atoms with van der Waals surface area (Å²) in [5, 5.41) is 5.71. The molecule has 0 aliphatic heterocycles. The molecule has 34 heavy (non-hydrogen) atoms. The highest BCUT2D eigenvalue weighted by Crippen LogP contribution is 2.34. The molecule has 1 saturated carbocycles. The normalized spacial score (nSPS) is 15.6. The molecule has 3 amide bonds. The van der Waals surface area contributed by atoms with Crippen molar-refractivity contribution in [2.45, 2.75) is 110 Å². The molecule has 2 unspecified atom stereocenters. The quantitative estimate of drug-likeness (QED) is 0.448. The van der Waals surface area contributed by atoms with Gasteiger partial charge in [-0.25, -0.2) is 4.79 Å². The Labute approximate surface area is 205 Å². The number of rotatable bonds is 11. The van der Waals surface area contributed by atoms with Gasteiger partial charge in [-0.1, -0.05) is 51.0 Å². The molecule has 1 fully saturated rings. The lowest BCUT2D eigenvalue weighted by Crippen LogP contribution is -2.56. The summed E-state index contributed by atoms with van der Waals surface area (Å²) in [6.07, 6.45) is 5.97. The van der Waals surface area contributed by atoms with Gasteiger partial charge in [-0.05, 0) is 70.9 Å². The van der Waals surface area contributed by atoms with Crippen LogP contribution in [0.3, 0.4) is 0 Å². The van der Waals surface area contributed by atoms with Crippen LogP contribution in [0.4, 0.5) is 4.79 Å². The highest BCUT2D eigenvalue weighted by atomic mass is 16.6. The van der Waals surface area contributed by atoms with Crippen LogP contribution in [0, 0.1) is 0 Å². The summed E-state index contributed by atoms with van der Waals surface area (Å²) < 4.78 is 5.33. The van der Waals surface area contributed by atoms with Gasteiger partial charge in [-0.3, -0.25) is 9.59 Å². The van der Waals surface area contributed by atoms with E-state index < -0.39 is 23.8 Å². The zero-order chi connectivity index (χ0) is 25.3. The molecular formula is C27H43N3O4. The number of nitrogens with one attached hydrogen (secondary N) is 2. The number of benzene rings is 1. The first-order valence-electron chi connectivity index (χ1n) is 12.8. The number of alkyl carbamates (subject to hydrolysis) is 1. The van der Waals surface area contributed by atoms with Gasteiger partial charge in [0.1, 0.15) is 17.7 Å². The molecule has 1 aliphatic carbocycles. The van der Waals surface area contributed by atoms with Crippen molar-refractivity contribution in [3.8, 4) is 0 Å². The Hall–Kier alpha value is -2.57. The lowest BCUT2D eigenvalue weighted by atomic mass is 9.88. The van der Waals surface area contributed by atoms with E-state index in [2.05, 4.69) is 24.5 Å². The number of ether oxygens (including phenoxy) is 1. The first kappa shape index (κ1) is 27.7. The number of carbonyl (C=O) groups excluding carboxylic acids is 3. The lowest BCUT2D eigenvalue weighted by molar-refractivity contribution is -0.147. The fourth-order valence-corrected chi connectivity index (χ4v) is 4.01. The maximum Gasteiger partial charge on any atom is 0.408 e. The first-order chi connectivity index (χ1) is 16.1. The largest absolute Gasteiger partial charge is 0.444 e. The fraction of sp³-hybridized carbons (Fsp3) is 0.667. The van der Waals surface area contributed by atoms with Crippen LogP contribution in [0.5, 0.6) is 0 Å². The number of amides is 3. The molecule has 0 bridgehead atoms. The Morgan fingerprint density at radius 1 is 1.09 bits per heavy atom. The molecule has 0 saturated heterocycles. The van der Waals surface area contributed by atoms with E-state index in [-0.39, 0.29) is 17.9 Å². The smallest absolute Gasteiger partial charge is 0.408 e. The van der Waals surface area contributed by atoms with E-state index in [1.807, 2.05) is 24.3 Å². The highest BCUT2D eigenvalue weighted by Gasteiger charge is 2.40. The van der Waals surface area contributed by atoms with Crippen molar-refractivity contribution >= 4 is 17.9 Å². The average Bonchev–Trinajstić information content (AvgIpc) is 2.73. The number of carbonyl (C=O) groups is 3. The average molecular weight is 474 g/mol. The summed E-state index contributed by atoms with van der Waals surface area (Å²) in [6.45, 7) is 11.8. The van der Waals surface area contributed by atoms with Crippen LogP contribution in [-0.4, -0.2) is 47.0 Å². The Balaban J connectivity index is 2.31. The first-order valence-corrected chi connectivity index (χ1v) is 12.8. The second kappa shape index (κ2) is 12.8.